The molecule has 3 aromatic heterocycles. The van der Waals surface area contributed by atoms with Gasteiger partial charge in [0.15, 0.2) is 0 Å². The van der Waals surface area contributed by atoms with E-state index < -0.39 is 0 Å². The summed E-state index contributed by atoms with van der Waals surface area (Å²) in [5.41, 5.74) is 6.35. The molecule has 0 saturated carbocycles. The van der Waals surface area contributed by atoms with Crippen LogP contribution in [0.5, 0.6) is 0 Å². The molecule has 1 saturated heterocycles. The third kappa shape index (κ3) is 3.25. The Morgan fingerprint density at radius 2 is 2.29 bits per heavy atom. The summed E-state index contributed by atoms with van der Waals surface area (Å²) < 4.78 is 2.02. The summed E-state index contributed by atoms with van der Waals surface area (Å²) in [5.74, 6) is 0.491. The van der Waals surface area contributed by atoms with Crippen molar-refractivity contribution in [1.82, 2.24) is 24.4 Å². The van der Waals surface area contributed by atoms with E-state index in [4.69, 9.17) is 4.98 Å². The third-order valence-electron chi connectivity index (χ3n) is 4.64. The number of thiazole rings is 1. The molecule has 1 atom stereocenters. The first-order valence-electron chi connectivity index (χ1n) is 8.32. The molecule has 0 aromatic carbocycles. The normalized spacial score (nSPS) is 18.8. The number of pyridine rings is 1. The third-order valence-corrected chi connectivity index (χ3v) is 5.28. The summed E-state index contributed by atoms with van der Waals surface area (Å²) in [5, 5.41) is 2.14. The van der Waals surface area contributed by atoms with Crippen molar-refractivity contribution in [1.29, 1.82) is 0 Å². The summed E-state index contributed by atoms with van der Waals surface area (Å²) in [4.78, 5) is 16.1. The zero-order valence-electron chi connectivity index (χ0n) is 13.8. The van der Waals surface area contributed by atoms with Crippen molar-refractivity contribution in [3.8, 4) is 11.4 Å². The lowest BCUT2D eigenvalue weighted by molar-refractivity contribution is 0.197. The summed E-state index contributed by atoms with van der Waals surface area (Å²) in [6.07, 6.45) is 6.11. The van der Waals surface area contributed by atoms with E-state index in [0.717, 1.165) is 31.0 Å². The molecule has 6 heteroatoms. The second-order valence-electron chi connectivity index (χ2n) is 6.39. The minimum absolute atomic E-state index is 0.491. The standard InChI is InChI=1S/C18H21N5S/c1-22-12-19-8-18(22)17-6-2-5-16(21-17)14-4-3-7-23(9-14)10-15-11-24-13-20-15/h2,5-6,8,11-14H,3-4,7,9-10H2,1H3/t14-/m1/s1. The molecule has 1 aliphatic rings. The molecule has 0 unspecified atom stereocenters. The van der Waals surface area contributed by atoms with Gasteiger partial charge in [-0.15, -0.1) is 11.3 Å². The minimum atomic E-state index is 0.491. The van der Waals surface area contributed by atoms with E-state index in [1.165, 1.54) is 24.2 Å². The van der Waals surface area contributed by atoms with E-state index >= 15 is 0 Å². The molecule has 0 amide bonds. The predicted octanol–water partition coefficient (Wildman–Crippen LogP) is 3.32. The maximum absolute atomic E-state index is 4.93. The number of hydrogen-bond donors (Lipinski definition) is 0. The smallest absolute Gasteiger partial charge is 0.0948 e. The molecule has 124 valence electrons. The lowest BCUT2D eigenvalue weighted by atomic mass is 9.94. The van der Waals surface area contributed by atoms with Gasteiger partial charge in [0, 0.05) is 37.1 Å². The maximum atomic E-state index is 4.93. The Hall–Kier alpha value is -2.05. The van der Waals surface area contributed by atoms with Gasteiger partial charge in [-0.25, -0.2) is 9.97 Å². The van der Waals surface area contributed by atoms with Gasteiger partial charge < -0.3 is 4.57 Å². The average molecular weight is 339 g/mol. The topological polar surface area (TPSA) is 46.8 Å². The van der Waals surface area contributed by atoms with Gasteiger partial charge in [0.2, 0.25) is 0 Å². The van der Waals surface area contributed by atoms with Crippen molar-refractivity contribution in [3.63, 3.8) is 0 Å². The lowest BCUT2D eigenvalue weighted by Crippen LogP contribution is -2.34. The van der Waals surface area contributed by atoms with Gasteiger partial charge in [-0.2, -0.15) is 0 Å². The largest absolute Gasteiger partial charge is 0.332 e. The molecule has 4 rings (SSSR count). The van der Waals surface area contributed by atoms with Crippen LogP contribution in [0.1, 0.15) is 30.1 Å². The molecular weight excluding hydrogens is 318 g/mol. The van der Waals surface area contributed by atoms with Crippen LogP contribution in [-0.2, 0) is 13.6 Å². The van der Waals surface area contributed by atoms with Crippen LogP contribution >= 0.6 is 11.3 Å². The van der Waals surface area contributed by atoms with E-state index in [9.17, 15) is 0 Å². The minimum Gasteiger partial charge on any atom is -0.332 e. The first-order chi connectivity index (χ1) is 11.8. The number of imidazole rings is 1. The Bertz CT molecular complexity index is 795. The molecule has 4 heterocycles. The van der Waals surface area contributed by atoms with Gasteiger partial charge in [-0.1, -0.05) is 6.07 Å². The van der Waals surface area contributed by atoms with Gasteiger partial charge in [0.05, 0.1) is 35.1 Å². The Morgan fingerprint density at radius 3 is 3.08 bits per heavy atom. The highest BCUT2D eigenvalue weighted by molar-refractivity contribution is 7.07. The van der Waals surface area contributed by atoms with E-state index in [1.54, 1.807) is 11.3 Å². The van der Waals surface area contributed by atoms with Crippen LogP contribution in [0.4, 0.5) is 0 Å². The molecule has 0 N–H and O–H groups in total. The molecule has 24 heavy (non-hydrogen) atoms. The van der Waals surface area contributed by atoms with Crippen molar-refractivity contribution in [2.75, 3.05) is 13.1 Å². The van der Waals surface area contributed by atoms with Gasteiger partial charge in [0.25, 0.3) is 0 Å². The molecule has 0 radical (unpaired) electrons. The molecule has 1 fully saturated rings. The summed E-state index contributed by atoms with van der Waals surface area (Å²) in [6.45, 7) is 3.15. The van der Waals surface area contributed by atoms with E-state index in [2.05, 4.69) is 38.4 Å². The van der Waals surface area contributed by atoms with Gasteiger partial charge in [0.1, 0.15) is 0 Å². The van der Waals surface area contributed by atoms with E-state index in [1.807, 2.05) is 29.6 Å². The highest BCUT2D eigenvalue weighted by atomic mass is 32.1. The van der Waals surface area contributed by atoms with Crippen LogP contribution in [0.25, 0.3) is 11.4 Å². The van der Waals surface area contributed by atoms with Crippen LogP contribution in [-0.4, -0.2) is 37.5 Å². The fourth-order valence-corrected chi connectivity index (χ4v) is 3.96. The molecule has 0 spiro atoms. The first-order valence-corrected chi connectivity index (χ1v) is 9.27. The number of nitrogens with zero attached hydrogens (tertiary/aromatic N) is 5. The van der Waals surface area contributed by atoms with Crippen molar-refractivity contribution in [2.45, 2.75) is 25.3 Å². The number of hydrogen-bond acceptors (Lipinski definition) is 5. The highest BCUT2D eigenvalue weighted by Gasteiger charge is 2.23. The van der Waals surface area contributed by atoms with Crippen LogP contribution in [0.15, 0.2) is 41.6 Å². The molecule has 0 aliphatic carbocycles. The van der Waals surface area contributed by atoms with Gasteiger partial charge >= 0.3 is 0 Å². The summed E-state index contributed by atoms with van der Waals surface area (Å²) in [6, 6.07) is 6.34. The monoisotopic (exact) mass is 339 g/mol. The average Bonchev–Trinajstić information content (AvgIpc) is 3.27. The SMILES string of the molecule is Cn1cncc1-c1cccc([C@@H]2CCCN(Cc3cscn3)C2)n1. The number of piperidine rings is 1. The number of likely N-dealkylation sites (tertiary alicyclic amines) is 1. The van der Waals surface area contributed by atoms with Crippen LogP contribution in [0.2, 0.25) is 0 Å². The Morgan fingerprint density at radius 1 is 1.33 bits per heavy atom. The Balaban J connectivity index is 1.52. The van der Waals surface area contributed by atoms with Crippen LogP contribution < -0.4 is 0 Å². The molecule has 3 aromatic rings. The molecule has 0 bridgehead atoms. The fraction of sp³-hybridized carbons (Fsp3) is 0.389. The Labute approximate surface area is 146 Å². The molecular formula is C18H21N5S. The van der Waals surface area contributed by atoms with Gasteiger partial charge in [-0.05, 0) is 31.5 Å². The zero-order chi connectivity index (χ0) is 16.4. The van der Waals surface area contributed by atoms with Crippen molar-refractivity contribution in [3.05, 3.63) is 53.0 Å². The number of rotatable bonds is 4. The second-order valence-corrected chi connectivity index (χ2v) is 7.11. The summed E-state index contributed by atoms with van der Waals surface area (Å²) >= 11 is 1.67. The zero-order valence-corrected chi connectivity index (χ0v) is 14.6. The second kappa shape index (κ2) is 6.83. The van der Waals surface area contributed by atoms with Crippen molar-refractivity contribution < 1.29 is 0 Å². The highest BCUT2D eigenvalue weighted by Crippen LogP contribution is 2.28. The van der Waals surface area contributed by atoms with Gasteiger partial charge in [-0.3, -0.25) is 9.88 Å². The van der Waals surface area contributed by atoms with Crippen LogP contribution in [0.3, 0.4) is 0 Å². The van der Waals surface area contributed by atoms with Crippen molar-refractivity contribution in [2.24, 2.45) is 7.05 Å². The van der Waals surface area contributed by atoms with E-state index in [-0.39, 0.29) is 0 Å². The first kappa shape index (κ1) is 15.5. The number of aryl methyl sites for hydroxylation is 1. The molecule has 1 aliphatic heterocycles. The maximum Gasteiger partial charge on any atom is 0.0948 e. The van der Waals surface area contributed by atoms with E-state index in [0.29, 0.717) is 5.92 Å². The Kier molecular flexibility index (Phi) is 4.40. The van der Waals surface area contributed by atoms with Crippen LogP contribution in [0, 0.1) is 0 Å². The quantitative estimate of drug-likeness (QED) is 0.731. The molecule has 5 nitrogen and oxygen atoms in total. The van der Waals surface area contributed by atoms with Crippen molar-refractivity contribution >= 4 is 11.3 Å². The fourth-order valence-electron chi connectivity index (χ4n) is 3.41. The summed E-state index contributed by atoms with van der Waals surface area (Å²) in [7, 11) is 2.01. The number of aromatic nitrogens is 4. The lowest BCUT2D eigenvalue weighted by Gasteiger charge is -2.32. The predicted molar refractivity (Wildman–Crippen MR) is 95.8 cm³/mol.